The van der Waals surface area contributed by atoms with Gasteiger partial charge < -0.3 is 25.4 Å². The number of amides is 3. The number of benzene rings is 2. The topological polar surface area (TPSA) is 88.7 Å². The molecule has 0 unspecified atom stereocenters. The molecule has 3 N–H and O–H groups in total. The van der Waals surface area contributed by atoms with E-state index < -0.39 is 0 Å². The van der Waals surface area contributed by atoms with Crippen LogP contribution in [-0.2, 0) is 16.6 Å². The van der Waals surface area contributed by atoms with Gasteiger partial charge >= 0.3 is 6.03 Å². The number of rotatable bonds is 6. The maximum Gasteiger partial charge on any atom is 0.315 e. The highest BCUT2D eigenvalue weighted by Crippen LogP contribution is 2.34. The van der Waals surface area contributed by atoms with Crippen molar-refractivity contribution in [2.24, 2.45) is 0 Å². The van der Waals surface area contributed by atoms with Crippen molar-refractivity contribution in [1.29, 1.82) is 0 Å². The molecule has 29 heavy (non-hydrogen) atoms. The van der Waals surface area contributed by atoms with Crippen LogP contribution in [0.25, 0.3) is 0 Å². The number of carbonyl (C=O) groups is 2. The zero-order chi connectivity index (χ0) is 20.9. The number of nitrogens with one attached hydrogen (secondary N) is 3. The number of carbonyl (C=O) groups excluding carboxylic acids is 2. The summed E-state index contributed by atoms with van der Waals surface area (Å²) in [6.07, 6.45) is 0.723. The lowest BCUT2D eigenvalue weighted by Gasteiger charge is -2.19. The fraction of sp³-hybridized carbons (Fsp3) is 0.364. The number of fused-ring (bicyclic) bond motifs is 1. The molecule has 1 heterocycles. The van der Waals surface area contributed by atoms with Crippen LogP contribution in [0.15, 0.2) is 42.5 Å². The molecule has 0 atom stereocenters. The molecular weight excluding hydrogens is 370 g/mol. The normalized spacial score (nSPS) is 12.4. The highest BCUT2D eigenvalue weighted by molar-refractivity contribution is 5.94. The molecule has 1 aliphatic heterocycles. The number of anilines is 1. The smallest absolute Gasteiger partial charge is 0.315 e. The Bertz CT molecular complexity index is 873. The Labute approximate surface area is 170 Å². The molecule has 154 valence electrons. The molecule has 3 amide bonds. The van der Waals surface area contributed by atoms with Crippen LogP contribution in [-0.4, -0.2) is 31.8 Å². The first-order valence-corrected chi connectivity index (χ1v) is 9.62. The fourth-order valence-corrected chi connectivity index (χ4v) is 2.89. The average Bonchev–Trinajstić information content (AvgIpc) is 3.14. The maximum atomic E-state index is 12.0. The maximum absolute atomic E-state index is 12.0. The second-order valence-corrected chi connectivity index (χ2v) is 7.92. The Morgan fingerprint density at radius 1 is 0.966 bits per heavy atom. The molecule has 3 rings (SSSR count). The standard InChI is InChI=1S/C22H27N3O4/c1-22(2,3)16-6-4-15(5-7-16)10-11-23-21(27)24-13-20(26)25-17-8-9-18-19(12-17)29-14-28-18/h4-9,12H,10-11,13-14H2,1-3H3,(H,25,26)(H2,23,24,27). The first-order chi connectivity index (χ1) is 13.8. The average molecular weight is 397 g/mol. The van der Waals surface area contributed by atoms with E-state index in [2.05, 4.69) is 61.0 Å². The van der Waals surface area contributed by atoms with Gasteiger partial charge in [-0.05, 0) is 35.1 Å². The second-order valence-electron chi connectivity index (χ2n) is 7.92. The van der Waals surface area contributed by atoms with Gasteiger partial charge in [0.15, 0.2) is 11.5 Å². The first kappa shape index (κ1) is 20.5. The van der Waals surface area contributed by atoms with Gasteiger partial charge in [0.05, 0.1) is 6.54 Å². The van der Waals surface area contributed by atoms with Crippen molar-refractivity contribution in [3.8, 4) is 11.5 Å². The van der Waals surface area contributed by atoms with E-state index in [1.807, 2.05) is 0 Å². The van der Waals surface area contributed by atoms with Crippen molar-refractivity contribution in [1.82, 2.24) is 10.6 Å². The van der Waals surface area contributed by atoms with Gasteiger partial charge in [0.1, 0.15) is 0 Å². The monoisotopic (exact) mass is 397 g/mol. The van der Waals surface area contributed by atoms with E-state index in [4.69, 9.17) is 9.47 Å². The molecule has 0 radical (unpaired) electrons. The van der Waals surface area contributed by atoms with Crippen molar-refractivity contribution in [2.75, 3.05) is 25.2 Å². The summed E-state index contributed by atoms with van der Waals surface area (Å²) in [5.41, 5.74) is 3.14. The molecule has 2 aromatic carbocycles. The molecule has 1 aliphatic rings. The van der Waals surface area contributed by atoms with Crippen molar-refractivity contribution < 1.29 is 19.1 Å². The lowest BCUT2D eigenvalue weighted by Crippen LogP contribution is -2.40. The van der Waals surface area contributed by atoms with E-state index in [1.54, 1.807) is 18.2 Å². The van der Waals surface area contributed by atoms with Crippen LogP contribution >= 0.6 is 0 Å². The van der Waals surface area contributed by atoms with E-state index in [9.17, 15) is 9.59 Å². The highest BCUT2D eigenvalue weighted by Gasteiger charge is 2.15. The fourth-order valence-electron chi connectivity index (χ4n) is 2.89. The van der Waals surface area contributed by atoms with Crippen molar-refractivity contribution in [3.63, 3.8) is 0 Å². The predicted molar refractivity (Wildman–Crippen MR) is 111 cm³/mol. The van der Waals surface area contributed by atoms with Crippen LogP contribution in [0, 0.1) is 0 Å². The van der Waals surface area contributed by atoms with Gasteiger partial charge in [-0.2, -0.15) is 0 Å². The quantitative estimate of drug-likeness (QED) is 0.698. The Hall–Kier alpha value is -3.22. The van der Waals surface area contributed by atoms with E-state index >= 15 is 0 Å². The van der Waals surface area contributed by atoms with Crippen LogP contribution in [0.4, 0.5) is 10.5 Å². The zero-order valence-corrected chi connectivity index (χ0v) is 17.0. The number of hydrogen-bond acceptors (Lipinski definition) is 4. The van der Waals surface area contributed by atoms with Crippen molar-refractivity contribution >= 4 is 17.6 Å². The van der Waals surface area contributed by atoms with Crippen LogP contribution in [0.1, 0.15) is 31.9 Å². The molecular formula is C22H27N3O4. The molecule has 0 aromatic heterocycles. The molecule has 0 saturated heterocycles. The summed E-state index contributed by atoms with van der Waals surface area (Å²) < 4.78 is 10.5. The lowest BCUT2D eigenvalue weighted by atomic mass is 9.86. The van der Waals surface area contributed by atoms with Crippen LogP contribution < -0.4 is 25.4 Å². The highest BCUT2D eigenvalue weighted by atomic mass is 16.7. The third-order valence-electron chi connectivity index (χ3n) is 4.59. The Morgan fingerprint density at radius 2 is 1.69 bits per heavy atom. The first-order valence-electron chi connectivity index (χ1n) is 9.62. The van der Waals surface area contributed by atoms with Gasteiger partial charge in [-0.15, -0.1) is 0 Å². The van der Waals surface area contributed by atoms with Gasteiger partial charge in [-0.1, -0.05) is 45.0 Å². The van der Waals surface area contributed by atoms with Crippen molar-refractivity contribution in [2.45, 2.75) is 32.6 Å². The summed E-state index contributed by atoms with van der Waals surface area (Å²) in [7, 11) is 0. The largest absolute Gasteiger partial charge is 0.454 e. The van der Waals surface area contributed by atoms with Crippen molar-refractivity contribution in [3.05, 3.63) is 53.6 Å². The molecule has 7 nitrogen and oxygen atoms in total. The third-order valence-corrected chi connectivity index (χ3v) is 4.59. The van der Waals surface area contributed by atoms with Crippen LogP contribution in [0.3, 0.4) is 0 Å². The third kappa shape index (κ3) is 5.88. The summed E-state index contributed by atoms with van der Waals surface area (Å²) in [5, 5.41) is 8.02. The number of urea groups is 1. The summed E-state index contributed by atoms with van der Waals surface area (Å²) in [5.74, 6) is 0.911. The summed E-state index contributed by atoms with van der Waals surface area (Å²) >= 11 is 0. The molecule has 7 heteroatoms. The minimum absolute atomic E-state index is 0.123. The minimum atomic E-state index is -0.378. The zero-order valence-electron chi connectivity index (χ0n) is 17.0. The Morgan fingerprint density at radius 3 is 2.41 bits per heavy atom. The molecule has 0 spiro atoms. The van der Waals surface area contributed by atoms with E-state index in [0.717, 1.165) is 12.0 Å². The van der Waals surface area contributed by atoms with Crippen LogP contribution in [0.5, 0.6) is 11.5 Å². The predicted octanol–water partition coefficient (Wildman–Crippen LogP) is 3.19. The summed E-state index contributed by atoms with van der Waals surface area (Å²) in [6, 6.07) is 13.2. The second kappa shape index (κ2) is 8.86. The van der Waals surface area contributed by atoms with Gasteiger partial charge in [0, 0.05) is 18.3 Å². The lowest BCUT2D eigenvalue weighted by molar-refractivity contribution is -0.115. The van der Waals surface area contributed by atoms with E-state index in [-0.39, 0.29) is 30.7 Å². The Balaban J connectivity index is 1.36. The molecule has 2 aromatic rings. The molecule has 0 bridgehead atoms. The minimum Gasteiger partial charge on any atom is -0.454 e. The SMILES string of the molecule is CC(C)(C)c1ccc(CCNC(=O)NCC(=O)Nc2ccc3c(c2)OCO3)cc1. The van der Waals surface area contributed by atoms with Crippen LogP contribution in [0.2, 0.25) is 0 Å². The molecule has 0 fully saturated rings. The number of ether oxygens (including phenoxy) is 2. The molecule has 0 aliphatic carbocycles. The van der Waals surface area contributed by atoms with Gasteiger partial charge in [0.25, 0.3) is 0 Å². The summed E-state index contributed by atoms with van der Waals surface area (Å²) in [4.78, 5) is 23.9. The van der Waals surface area contributed by atoms with Gasteiger partial charge in [-0.3, -0.25) is 4.79 Å². The molecule has 0 saturated carbocycles. The number of hydrogen-bond donors (Lipinski definition) is 3. The Kier molecular flexibility index (Phi) is 6.26. The summed E-state index contributed by atoms with van der Waals surface area (Å²) in [6.45, 7) is 7.07. The van der Waals surface area contributed by atoms with E-state index in [1.165, 1.54) is 5.56 Å². The van der Waals surface area contributed by atoms with E-state index in [0.29, 0.717) is 23.7 Å². The van der Waals surface area contributed by atoms with Gasteiger partial charge in [0.2, 0.25) is 12.7 Å². The van der Waals surface area contributed by atoms with Gasteiger partial charge in [-0.25, -0.2) is 4.79 Å².